The van der Waals surface area contributed by atoms with Gasteiger partial charge >= 0.3 is 6.09 Å². The van der Waals surface area contributed by atoms with Gasteiger partial charge in [-0.25, -0.2) is 4.79 Å². The number of amides is 2. The van der Waals surface area contributed by atoms with Crippen LogP contribution < -0.4 is 14.8 Å². The van der Waals surface area contributed by atoms with E-state index in [1.807, 2.05) is 42.5 Å². The van der Waals surface area contributed by atoms with Crippen LogP contribution in [0.25, 0.3) is 0 Å². The van der Waals surface area contributed by atoms with E-state index < -0.39 is 0 Å². The van der Waals surface area contributed by atoms with Crippen LogP contribution in [0.3, 0.4) is 0 Å². The number of benzene rings is 2. The predicted molar refractivity (Wildman–Crippen MR) is 120 cm³/mol. The summed E-state index contributed by atoms with van der Waals surface area (Å²) in [4.78, 5) is 26.1. The molecule has 2 aromatic rings. The minimum atomic E-state index is -0.320. The molecule has 3 rings (SSSR count). The summed E-state index contributed by atoms with van der Waals surface area (Å²) in [6, 6.07) is 16.9. The molecule has 1 aliphatic rings. The number of likely N-dealkylation sites (tertiary alicyclic amines) is 1. The molecule has 0 radical (unpaired) electrons. The topological polar surface area (TPSA) is 67.9 Å². The lowest BCUT2D eigenvalue weighted by Crippen LogP contribution is -2.43. The minimum absolute atomic E-state index is 0.00287. The van der Waals surface area contributed by atoms with Gasteiger partial charge in [-0.15, -0.1) is 0 Å². The molecular formula is C25H32N2O4. The Hall–Kier alpha value is -3.02. The van der Waals surface area contributed by atoms with E-state index in [1.165, 1.54) is 5.56 Å². The lowest BCUT2D eigenvalue weighted by atomic mass is 9.87. The zero-order valence-electron chi connectivity index (χ0n) is 18.6. The summed E-state index contributed by atoms with van der Waals surface area (Å²) in [7, 11) is 0. The van der Waals surface area contributed by atoms with Gasteiger partial charge in [0.05, 0.1) is 0 Å². The summed E-state index contributed by atoms with van der Waals surface area (Å²) < 4.78 is 11.0. The van der Waals surface area contributed by atoms with Crippen LogP contribution in [-0.4, -0.2) is 43.1 Å². The van der Waals surface area contributed by atoms with Crippen LogP contribution in [0.4, 0.5) is 4.79 Å². The molecule has 0 aliphatic carbocycles. The van der Waals surface area contributed by atoms with Crippen molar-refractivity contribution in [3.05, 3.63) is 60.2 Å². The van der Waals surface area contributed by atoms with Crippen molar-refractivity contribution in [1.82, 2.24) is 10.2 Å². The zero-order chi connectivity index (χ0) is 22.3. The van der Waals surface area contributed by atoms with Crippen LogP contribution in [-0.2, 0) is 10.2 Å². The van der Waals surface area contributed by atoms with E-state index in [-0.39, 0.29) is 24.0 Å². The van der Waals surface area contributed by atoms with E-state index in [4.69, 9.17) is 9.47 Å². The molecule has 0 bridgehead atoms. The first-order valence-electron chi connectivity index (χ1n) is 10.8. The maximum absolute atomic E-state index is 12.3. The van der Waals surface area contributed by atoms with Crippen molar-refractivity contribution in [1.29, 1.82) is 0 Å². The highest BCUT2D eigenvalue weighted by atomic mass is 16.6. The maximum Gasteiger partial charge on any atom is 0.415 e. The van der Waals surface area contributed by atoms with Crippen molar-refractivity contribution in [2.45, 2.75) is 39.0 Å². The number of hydrogen-bond donors (Lipinski definition) is 1. The van der Waals surface area contributed by atoms with Gasteiger partial charge in [0, 0.05) is 19.6 Å². The largest absolute Gasteiger partial charge is 0.484 e. The van der Waals surface area contributed by atoms with Crippen molar-refractivity contribution in [2.24, 2.45) is 5.92 Å². The fourth-order valence-electron chi connectivity index (χ4n) is 3.48. The highest BCUT2D eigenvalue weighted by Gasteiger charge is 2.24. The first-order valence-corrected chi connectivity index (χ1v) is 10.8. The molecule has 0 unspecified atom stereocenters. The third kappa shape index (κ3) is 7.02. The number of para-hydroxylation sites is 1. The van der Waals surface area contributed by atoms with E-state index in [0.717, 1.165) is 12.8 Å². The number of hydrogen-bond acceptors (Lipinski definition) is 4. The molecule has 31 heavy (non-hydrogen) atoms. The van der Waals surface area contributed by atoms with Gasteiger partial charge in [0.15, 0.2) is 6.61 Å². The van der Waals surface area contributed by atoms with Gasteiger partial charge in [0.2, 0.25) is 0 Å². The molecule has 1 N–H and O–H groups in total. The lowest BCUT2D eigenvalue weighted by Gasteiger charge is -2.31. The number of piperidine rings is 1. The van der Waals surface area contributed by atoms with E-state index >= 15 is 0 Å². The standard InChI is InChI=1S/C25H32N2O4/c1-25(2,3)20-9-11-21(12-10-20)30-18-23(28)26-17-19-13-15-27(16-14-19)24(29)31-22-7-5-4-6-8-22/h4-12,19H,13-18H2,1-3H3,(H,26,28). The summed E-state index contributed by atoms with van der Waals surface area (Å²) in [5.41, 5.74) is 1.31. The first kappa shape index (κ1) is 22.7. The lowest BCUT2D eigenvalue weighted by molar-refractivity contribution is -0.123. The zero-order valence-corrected chi connectivity index (χ0v) is 18.6. The predicted octanol–water partition coefficient (Wildman–Crippen LogP) is 4.39. The third-order valence-corrected chi connectivity index (χ3v) is 5.50. The molecule has 1 saturated heterocycles. The molecule has 0 aromatic heterocycles. The van der Waals surface area contributed by atoms with Crippen molar-refractivity contribution in [3.63, 3.8) is 0 Å². The fourth-order valence-corrected chi connectivity index (χ4v) is 3.48. The Morgan fingerprint density at radius 1 is 0.968 bits per heavy atom. The quantitative estimate of drug-likeness (QED) is 0.747. The van der Waals surface area contributed by atoms with Gasteiger partial charge in [0.25, 0.3) is 5.91 Å². The normalized spacial score (nSPS) is 14.7. The van der Waals surface area contributed by atoms with Gasteiger partial charge in [-0.1, -0.05) is 51.1 Å². The number of carbonyl (C=O) groups is 2. The first-order chi connectivity index (χ1) is 14.8. The molecule has 0 spiro atoms. The Bertz CT molecular complexity index is 851. The second kappa shape index (κ2) is 10.3. The summed E-state index contributed by atoms with van der Waals surface area (Å²) in [6.07, 6.45) is 1.35. The van der Waals surface area contributed by atoms with E-state index in [0.29, 0.717) is 37.1 Å². The molecule has 2 aromatic carbocycles. The van der Waals surface area contributed by atoms with Crippen molar-refractivity contribution in [3.8, 4) is 11.5 Å². The molecule has 6 nitrogen and oxygen atoms in total. The van der Waals surface area contributed by atoms with Gasteiger partial charge in [-0.2, -0.15) is 0 Å². The Morgan fingerprint density at radius 2 is 1.61 bits per heavy atom. The third-order valence-electron chi connectivity index (χ3n) is 5.50. The Kier molecular flexibility index (Phi) is 7.55. The monoisotopic (exact) mass is 424 g/mol. The number of ether oxygens (including phenoxy) is 2. The molecule has 6 heteroatoms. The van der Waals surface area contributed by atoms with E-state index in [9.17, 15) is 9.59 Å². The highest BCUT2D eigenvalue weighted by Crippen LogP contribution is 2.24. The minimum Gasteiger partial charge on any atom is -0.484 e. The second-order valence-electron chi connectivity index (χ2n) is 8.98. The number of nitrogens with zero attached hydrogens (tertiary/aromatic N) is 1. The summed E-state index contributed by atoms with van der Waals surface area (Å²) in [5, 5.41) is 2.94. The molecule has 2 amide bonds. The van der Waals surface area contributed by atoms with Crippen molar-refractivity contribution >= 4 is 12.0 Å². The average Bonchev–Trinajstić information content (AvgIpc) is 2.77. The number of nitrogens with one attached hydrogen (secondary N) is 1. The average molecular weight is 425 g/mol. The van der Waals surface area contributed by atoms with Crippen LogP contribution >= 0.6 is 0 Å². The molecule has 166 valence electrons. The summed E-state index contributed by atoms with van der Waals surface area (Å²) in [6.45, 7) is 8.32. The van der Waals surface area contributed by atoms with Gasteiger partial charge in [0.1, 0.15) is 11.5 Å². The smallest absolute Gasteiger partial charge is 0.415 e. The molecule has 0 saturated carbocycles. The van der Waals surface area contributed by atoms with Crippen molar-refractivity contribution in [2.75, 3.05) is 26.2 Å². The van der Waals surface area contributed by atoms with Crippen LogP contribution in [0.5, 0.6) is 11.5 Å². The van der Waals surface area contributed by atoms with Crippen LogP contribution in [0.2, 0.25) is 0 Å². The number of rotatable bonds is 6. The molecule has 0 atom stereocenters. The second-order valence-corrected chi connectivity index (χ2v) is 8.98. The van der Waals surface area contributed by atoms with E-state index in [2.05, 4.69) is 26.1 Å². The molecule has 1 fully saturated rings. The van der Waals surface area contributed by atoms with Crippen LogP contribution in [0.1, 0.15) is 39.2 Å². The Balaban J connectivity index is 1.34. The summed E-state index contributed by atoms with van der Waals surface area (Å²) in [5.74, 6) is 1.45. The maximum atomic E-state index is 12.3. The SMILES string of the molecule is CC(C)(C)c1ccc(OCC(=O)NCC2CCN(C(=O)Oc3ccccc3)CC2)cc1. The number of carbonyl (C=O) groups excluding carboxylic acids is 2. The molecule has 1 aliphatic heterocycles. The molecule has 1 heterocycles. The van der Waals surface area contributed by atoms with Gasteiger partial charge in [-0.05, 0) is 54.0 Å². The van der Waals surface area contributed by atoms with Crippen molar-refractivity contribution < 1.29 is 19.1 Å². The Morgan fingerprint density at radius 3 is 2.23 bits per heavy atom. The van der Waals surface area contributed by atoms with Gasteiger partial charge in [-0.3, -0.25) is 4.79 Å². The van der Waals surface area contributed by atoms with Gasteiger partial charge < -0.3 is 19.7 Å². The summed E-state index contributed by atoms with van der Waals surface area (Å²) >= 11 is 0. The van der Waals surface area contributed by atoms with Crippen LogP contribution in [0.15, 0.2) is 54.6 Å². The van der Waals surface area contributed by atoms with E-state index in [1.54, 1.807) is 17.0 Å². The Labute approximate surface area is 184 Å². The molecular weight excluding hydrogens is 392 g/mol. The highest BCUT2D eigenvalue weighted by molar-refractivity contribution is 5.77. The fraction of sp³-hybridized carbons (Fsp3) is 0.440. The van der Waals surface area contributed by atoms with Crippen LogP contribution in [0, 0.1) is 5.92 Å².